The summed E-state index contributed by atoms with van der Waals surface area (Å²) in [5.74, 6) is 0. The van der Waals surface area contributed by atoms with Crippen LogP contribution < -0.4 is 0 Å². The van der Waals surface area contributed by atoms with Crippen LogP contribution in [0, 0.1) is 0 Å². The number of hydrogen-bond acceptors (Lipinski definition) is 2. The molecule has 0 aromatic rings. The van der Waals surface area contributed by atoms with Gasteiger partial charge in [0.2, 0.25) is 0 Å². The highest BCUT2D eigenvalue weighted by Crippen LogP contribution is 2.36. The summed E-state index contributed by atoms with van der Waals surface area (Å²) >= 11 is 0. The first-order valence-electron chi connectivity index (χ1n) is 2.64. The molecule has 0 bridgehead atoms. The molecular formula is C5H8N2. The molecule has 0 spiro atoms. The van der Waals surface area contributed by atoms with Crippen LogP contribution in [-0.2, 0) is 0 Å². The summed E-state index contributed by atoms with van der Waals surface area (Å²) in [6.45, 7) is 4.29. The molecule has 2 heteroatoms. The number of rotatable bonds is 0. The first kappa shape index (κ1) is 3.47. The molecule has 0 N–H and O–H groups in total. The van der Waals surface area contributed by atoms with Crippen LogP contribution in [0.15, 0.2) is 5.10 Å². The predicted octanol–water partition coefficient (Wildman–Crippen LogP) is 0.449. The highest BCUT2D eigenvalue weighted by Gasteiger charge is 2.52. The van der Waals surface area contributed by atoms with Crippen molar-refractivity contribution < 1.29 is 0 Å². The number of hydrazone groups is 1. The molecule has 0 aromatic carbocycles. The lowest BCUT2D eigenvalue weighted by atomic mass is 10.2. The Hall–Kier alpha value is -0.530. The molecule has 1 saturated heterocycles. The maximum Gasteiger partial charge on any atom is 0.109 e. The fraction of sp³-hybridized carbons (Fsp3) is 0.800. The molecule has 2 heterocycles. The summed E-state index contributed by atoms with van der Waals surface area (Å²) in [6, 6.07) is 1.49. The van der Waals surface area contributed by atoms with Gasteiger partial charge in [0.15, 0.2) is 0 Å². The highest BCUT2D eigenvalue weighted by molar-refractivity contribution is 5.95. The largest absolute Gasteiger partial charge is 0.281 e. The van der Waals surface area contributed by atoms with E-state index in [0.717, 1.165) is 12.1 Å². The molecule has 2 unspecified atom stereocenters. The molecule has 2 atom stereocenters. The topological polar surface area (TPSA) is 15.4 Å². The van der Waals surface area contributed by atoms with Crippen molar-refractivity contribution >= 4 is 5.71 Å². The highest BCUT2D eigenvalue weighted by atomic mass is 15.7. The summed E-state index contributed by atoms with van der Waals surface area (Å²) in [5, 5.41) is 6.25. The fourth-order valence-electron chi connectivity index (χ4n) is 1.21. The van der Waals surface area contributed by atoms with Gasteiger partial charge in [-0.15, -0.1) is 0 Å². The van der Waals surface area contributed by atoms with Crippen molar-refractivity contribution in [3.63, 3.8) is 0 Å². The van der Waals surface area contributed by atoms with Gasteiger partial charge in [-0.05, 0) is 13.8 Å². The van der Waals surface area contributed by atoms with E-state index < -0.39 is 0 Å². The third-order valence-electron chi connectivity index (χ3n) is 1.77. The third-order valence-corrected chi connectivity index (χ3v) is 1.77. The first-order valence-corrected chi connectivity index (χ1v) is 2.64. The van der Waals surface area contributed by atoms with Gasteiger partial charge < -0.3 is 0 Å². The van der Waals surface area contributed by atoms with E-state index >= 15 is 0 Å². The molecule has 2 aliphatic heterocycles. The van der Waals surface area contributed by atoms with Crippen LogP contribution in [0.1, 0.15) is 13.8 Å². The smallest absolute Gasteiger partial charge is 0.109 e. The SMILES string of the molecule is CC1=NN2C(C)C12. The van der Waals surface area contributed by atoms with Gasteiger partial charge >= 0.3 is 0 Å². The van der Waals surface area contributed by atoms with E-state index in [9.17, 15) is 0 Å². The van der Waals surface area contributed by atoms with Crippen LogP contribution in [0.2, 0.25) is 0 Å². The van der Waals surface area contributed by atoms with Gasteiger partial charge in [-0.25, -0.2) is 0 Å². The van der Waals surface area contributed by atoms with Crippen molar-refractivity contribution in [1.82, 2.24) is 5.01 Å². The molecule has 2 rings (SSSR count). The Kier molecular flexibility index (Phi) is 0.348. The number of hydrogen-bond donors (Lipinski definition) is 0. The minimum Gasteiger partial charge on any atom is -0.281 e. The van der Waals surface area contributed by atoms with Crippen molar-refractivity contribution in [3.8, 4) is 0 Å². The molecule has 0 saturated carbocycles. The van der Waals surface area contributed by atoms with Gasteiger partial charge in [-0.2, -0.15) is 5.10 Å². The van der Waals surface area contributed by atoms with Crippen LogP contribution in [0.25, 0.3) is 0 Å². The lowest BCUT2D eigenvalue weighted by molar-refractivity contribution is 0.508. The van der Waals surface area contributed by atoms with Gasteiger partial charge in [-0.3, -0.25) is 5.01 Å². The average molecular weight is 96.1 g/mol. The van der Waals surface area contributed by atoms with Crippen molar-refractivity contribution in [2.45, 2.75) is 25.9 Å². The molecular weight excluding hydrogens is 88.1 g/mol. The van der Waals surface area contributed by atoms with E-state index in [1.165, 1.54) is 5.71 Å². The molecule has 0 radical (unpaired) electrons. The number of nitrogens with zero attached hydrogens (tertiary/aromatic N) is 2. The molecule has 0 aliphatic carbocycles. The summed E-state index contributed by atoms with van der Waals surface area (Å²) < 4.78 is 0. The van der Waals surface area contributed by atoms with E-state index in [1.54, 1.807) is 0 Å². The summed E-state index contributed by atoms with van der Waals surface area (Å²) in [7, 11) is 0. The van der Waals surface area contributed by atoms with E-state index in [2.05, 4.69) is 24.0 Å². The zero-order valence-electron chi connectivity index (χ0n) is 4.55. The third kappa shape index (κ3) is 0.216. The standard InChI is InChI=1S/C5H8N2/c1-3-5-4(2)7(5)6-3/h4-5H,1-2H3. The van der Waals surface area contributed by atoms with E-state index in [4.69, 9.17) is 0 Å². The lowest BCUT2D eigenvalue weighted by Gasteiger charge is -2.06. The zero-order chi connectivity index (χ0) is 5.02. The monoisotopic (exact) mass is 96.1 g/mol. The van der Waals surface area contributed by atoms with Gasteiger partial charge in [0.25, 0.3) is 0 Å². The average Bonchev–Trinajstić information content (AvgIpc) is 2.07. The lowest BCUT2D eigenvalue weighted by Crippen LogP contribution is -2.16. The quantitative estimate of drug-likeness (QED) is 0.400. The Bertz CT molecular complexity index is 139. The minimum atomic E-state index is 0.736. The Labute approximate surface area is 42.8 Å². The molecule has 0 aromatic heterocycles. The van der Waals surface area contributed by atoms with Gasteiger partial charge in [-0.1, -0.05) is 0 Å². The Morgan fingerprint density at radius 3 is 2.43 bits per heavy atom. The van der Waals surface area contributed by atoms with Crippen LogP contribution in [0.3, 0.4) is 0 Å². The van der Waals surface area contributed by atoms with E-state index in [1.807, 2.05) is 0 Å². The van der Waals surface area contributed by atoms with Gasteiger partial charge in [0, 0.05) is 0 Å². The summed E-state index contributed by atoms with van der Waals surface area (Å²) in [6.07, 6.45) is 0. The van der Waals surface area contributed by atoms with E-state index in [0.29, 0.717) is 0 Å². The van der Waals surface area contributed by atoms with Crippen LogP contribution in [0.5, 0.6) is 0 Å². The Balaban J connectivity index is 2.21. The van der Waals surface area contributed by atoms with Gasteiger partial charge in [0.1, 0.15) is 6.04 Å². The van der Waals surface area contributed by atoms with Crippen LogP contribution >= 0.6 is 0 Å². The predicted molar refractivity (Wildman–Crippen MR) is 28.2 cm³/mol. The van der Waals surface area contributed by atoms with Crippen LogP contribution in [0.4, 0.5) is 0 Å². The van der Waals surface area contributed by atoms with Crippen LogP contribution in [-0.4, -0.2) is 22.8 Å². The fourth-order valence-corrected chi connectivity index (χ4v) is 1.21. The molecule has 0 amide bonds. The maximum atomic E-state index is 4.13. The Morgan fingerprint density at radius 2 is 2.43 bits per heavy atom. The van der Waals surface area contributed by atoms with E-state index in [-0.39, 0.29) is 0 Å². The van der Waals surface area contributed by atoms with Gasteiger partial charge in [0.05, 0.1) is 11.8 Å². The van der Waals surface area contributed by atoms with Crippen molar-refractivity contribution in [1.29, 1.82) is 0 Å². The number of fused-ring (bicyclic) bond motifs is 1. The molecule has 1 fully saturated rings. The van der Waals surface area contributed by atoms with Crippen molar-refractivity contribution in [3.05, 3.63) is 0 Å². The second kappa shape index (κ2) is 0.703. The second-order valence-corrected chi connectivity index (χ2v) is 2.31. The Morgan fingerprint density at radius 1 is 1.71 bits per heavy atom. The van der Waals surface area contributed by atoms with Crippen molar-refractivity contribution in [2.24, 2.45) is 5.10 Å². The first-order chi connectivity index (χ1) is 3.30. The normalized spacial score (nSPS) is 44.3. The zero-order valence-corrected chi connectivity index (χ0v) is 4.55. The molecule has 38 valence electrons. The minimum absolute atomic E-state index is 0.736. The molecule has 2 aliphatic rings. The molecule has 2 nitrogen and oxygen atoms in total. The second-order valence-electron chi connectivity index (χ2n) is 2.31. The molecule has 7 heavy (non-hydrogen) atoms. The van der Waals surface area contributed by atoms with Crippen molar-refractivity contribution in [2.75, 3.05) is 0 Å². The summed E-state index contributed by atoms with van der Waals surface area (Å²) in [4.78, 5) is 0. The summed E-state index contributed by atoms with van der Waals surface area (Å²) in [5.41, 5.74) is 1.31. The maximum absolute atomic E-state index is 4.13.